The van der Waals surface area contributed by atoms with Crippen molar-refractivity contribution in [3.8, 4) is 11.5 Å². The first-order chi connectivity index (χ1) is 16.1. The minimum atomic E-state index is -0.654. The van der Waals surface area contributed by atoms with Gasteiger partial charge in [0.25, 0.3) is 5.24 Å². The number of hydrogen-bond acceptors (Lipinski definition) is 5. The summed E-state index contributed by atoms with van der Waals surface area (Å²) in [6.07, 6.45) is 8.24. The quantitative estimate of drug-likeness (QED) is 0.145. The molecule has 0 saturated heterocycles. The zero-order chi connectivity index (χ0) is 23.9. The molecule has 180 valence electrons. The third kappa shape index (κ3) is 9.47. The van der Waals surface area contributed by atoms with E-state index >= 15 is 0 Å². The highest BCUT2D eigenvalue weighted by Crippen LogP contribution is 2.32. The van der Waals surface area contributed by atoms with Crippen molar-refractivity contribution < 1.29 is 23.8 Å². The van der Waals surface area contributed by atoms with E-state index in [4.69, 9.17) is 25.8 Å². The van der Waals surface area contributed by atoms with Gasteiger partial charge in [0.05, 0.1) is 18.8 Å². The molecule has 0 bridgehead atoms. The van der Waals surface area contributed by atoms with Gasteiger partial charge < -0.3 is 14.2 Å². The fourth-order valence-electron chi connectivity index (χ4n) is 3.33. The molecule has 0 amide bonds. The van der Waals surface area contributed by atoms with Crippen LogP contribution in [0, 0.1) is 0 Å². The Kier molecular flexibility index (Phi) is 12.4. The van der Waals surface area contributed by atoms with Gasteiger partial charge in [0.2, 0.25) is 0 Å². The van der Waals surface area contributed by atoms with Crippen molar-refractivity contribution in [1.29, 1.82) is 0 Å². The van der Waals surface area contributed by atoms with Crippen LogP contribution < -0.4 is 9.47 Å². The van der Waals surface area contributed by atoms with Gasteiger partial charge in [0, 0.05) is 0 Å². The monoisotopic (exact) mass is 474 g/mol. The molecule has 5 nitrogen and oxygen atoms in total. The van der Waals surface area contributed by atoms with Gasteiger partial charge in [0.15, 0.2) is 0 Å². The standard InChI is InChI=1S/C27H35ClO5/c1-3-5-7-12-16-31-24-19-23(27(30)33-20-21-14-10-9-11-15-21)25(18-22(24)26(28)29)32-17-13-8-6-4-2/h9-11,14-15,18-19H,3-8,12-13,16-17,20H2,1-2H3. The number of unbranched alkanes of at least 4 members (excludes halogenated alkanes) is 6. The highest BCUT2D eigenvalue weighted by Gasteiger charge is 2.22. The highest BCUT2D eigenvalue weighted by atomic mass is 35.5. The fourth-order valence-corrected chi connectivity index (χ4v) is 3.48. The van der Waals surface area contributed by atoms with Crippen molar-refractivity contribution in [2.45, 2.75) is 71.8 Å². The van der Waals surface area contributed by atoms with E-state index in [0.29, 0.717) is 13.2 Å². The van der Waals surface area contributed by atoms with Crippen LogP contribution in [0.4, 0.5) is 0 Å². The molecule has 0 fully saturated rings. The highest BCUT2D eigenvalue weighted by molar-refractivity contribution is 6.68. The molecule has 0 aliphatic carbocycles. The Balaban J connectivity index is 2.21. The van der Waals surface area contributed by atoms with E-state index in [0.717, 1.165) is 56.9 Å². The second kappa shape index (κ2) is 15.3. The average Bonchev–Trinajstić information content (AvgIpc) is 2.83. The van der Waals surface area contributed by atoms with Crippen LogP contribution in [0.15, 0.2) is 42.5 Å². The van der Waals surface area contributed by atoms with Crippen LogP contribution in [-0.2, 0) is 11.3 Å². The maximum atomic E-state index is 12.9. The van der Waals surface area contributed by atoms with Gasteiger partial charge in [-0.3, -0.25) is 4.79 Å². The van der Waals surface area contributed by atoms with Gasteiger partial charge in [-0.1, -0.05) is 82.7 Å². The number of ether oxygens (including phenoxy) is 3. The number of esters is 1. The third-order valence-electron chi connectivity index (χ3n) is 5.24. The molecule has 0 unspecified atom stereocenters. The summed E-state index contributed by atoms with van der Waals surface area (Å²) in [7, 11) is 0. The van der Waals surface area contributed by atoms with Crippen LogP contribution >= 0.6 is 11.6 Å². The van der Waals surface area contributed by atoms with Gasteiger partial charge in [-0.25, -0.2) is 4.79 Å². The summed E-state index contributed by atoms with van der Waals surface area (Å²) in [6.45, 7) is 5.29. The van der Waals surface area contributed by atoms with E-state index in [1.165, 1.54) is 12.1 Å². The molecule has 2 rings (SSSR count). The molecule has 0 radical (unpaired) electrons. The molecule has 0 atom stereocenters. The molecule has 6 heteroatoms. The molecule has 0 saturated carbocycles. The molecule has 0 aromatic heterocycles. The van der Waals surface area contributed by atoms with Crippen LogP contribution in [0.25, 0.3) is 0 Å². The summed E-state index contributed by atoms with van der Waals surface area (Å²) < 4.78 is 17.3. The van der Waals surface area contributed by atoms with E-state index in [9.17, 15) is 9.59 Å². The summed E-state index contributed by atoms with van der Waals surface area (Å²) in [5, 5.41) is -0.654. The zero-order valence-electron chi connectivity index (χ0n) is 19.7. The first kappa shape index (κ1) is 26.7. The zero-order valence-corrected chi connectivity index (χ0v) is 20.5. The van der Waals surface area contributed by atoms with Gasteiger partial charge in [-0.15, -0.1) is 0 Å². The second-order valence-corrected chi connectivity index (χ2v) is 8.34. The maximum Gasteiger partial charge on any atom is 0.342 e. The molecule has 0 spiro atoms. The first-order valence-corrected chi connectivity index (χ1v) is 12.3. The van der Waals surface area contributed by atoms with Crippen molar-refractivity contribution in [2.24, 2.45) is 0 Å². The summed E-state index contributed by atoms with van der Waals surface area (Å²) in [5.41, 5.74) is 1.30. The van der Waals surface area contributed by atoms with Crippen molar-refractivity contribution in [2.75, 3.05) is 13.2 Å². The van der Waals surface area contributed by atoms with Crippen LogP contribution in [0.3, 0.4) is 0 Å². The largest absolute Gasteiger partial charge is 0.493 e. The van der Waals surface area contributed by atoms with Crippen molar-refractivity contribution in [3.63, 3.8) is 0 Å². The lowest BCUT2D eigenvalue weighted by Gasteiger charge is -2.16. The second-order valence-electron chi connectivity index (χ2n) is 8.00. The smallest absolute Gasteiger partial charge is 0.342 e. The van der Waals surface area contributed by atoms with Gasteiger partial charge in [-0.2, -0.15) is 0 Å². The van der Waals surface area contributed by atoms with E-state index in [-0.39, 0.29) is 29.2 Å². The maximum absolute atomic E-state index is 12.9. The number of halogens is 1. The van der Waals surface area contributed by atoms with Gasteiger partial charge in [-0.05, 0) is 42.1 Å². The van der Waals surface area contributed by atoms with Crippen LogP contribution in [-0.4, -0.2) is 24.4 Å². The summed E-state index contributed by atoms with van der Waals surface area (Å²) >= 11 is 5.83. The first-order valence-electron chi connectivity index (χ1n) is 11.9. The molecule has 2 aromatic carbocycles. The summed E-state index contributed by atoms with van der Waals surface area (Å²) in [6, 6.07) is 12.5. The van der Waals surface area contributed by atoms with Crippen molar-refractivity contribution in [1.82, 2.24) is 0 Å². The van der Waals surface area contributed by atoms with Crippen molar-refractivity contribution in [3.05, 3.63) is 59.2 Å². The van der Waals surface area contributed by atoms with Crippen molar-refractivity contribution >= 4 is 22.8 Å². The molecule has 33 heavy (non-hydrogen) atoms. The van der Waals surface area contributed by atoms with Gasteiger partial charge in [0.1, 0.15) is 23.7 Å². The fraction of sp³-hybridized carbons (Fsp3) is 0.481. The molecule has 0 aliphatic rings. The lowest BCUT2D eigenvalue weighted by Crippen LogP contribution is -2.12. The summed E-state index contributed by atoms with van der Waals surface area (Å²) in [5.74, 6) is 0.0233. The third-order valence-corrected chi connectivity index (χ3v) is 5.44. The number of hydrogen-bond donors (Lipinski definition) is 0. The Hall–Kier alpha value is -2.53. The Morgan fingerprint density at radius 2 is 1.30 bits per heavy atom. The average molecular weight is 475 g/mol. The minimum absolute atomic E-state index is 0.138. The SMILES string of the molecule is CCCCCCOc1cc(C(=O)OCc2ccccc2)c(OCCCCCC)cc1C(=O)Cl. The molecule has 2 aromatic rings. The Morgan fingerprint density at radius 1 is 0.758 bits per heavy atom. The number of carbonyl (C=O) groups excluding carboxylic acids is 2. The lowest BCUT2D eigenvalue weighted by atomic mass is 10.1. The Labute approximate surface area is 202 Å². The topological polar surface area (TPSA) is 61.8 Å². The van der Waals surface area contributed by atoms with Crippen LogP contribution in [0.1, 0.15) is 91.5 Å². The lowest BCUT2D eigenvalue weighted by molar-refractivity contribution is 0.0467. The molecule has 0 aliphatic heterocycles. The van der Waals surface area contributed by atoms with Gasteiger partial charge >= 0.3 is 5.97 Å². The molecular formula is C27H35ClO5. The predicted molar refractivity (Wildman–Crippen MR) is 131 cm³/mol. The minimum Gasteiger partial charge on any atom is -0.493 e. The summed E-state index contributed by atoms with van der Waals surface area (Å²) in [4.78, 5) is 25.0. The number of benzene rings is 2. The van der Waals surface area contributed by atoms with E-state index < -0.39 is 11.2 Å². The van der Waals surface area contributed by atoms with E-state index in [1.54, 1.807) is 0 Å². The normalized spacial score (nSPS) is 10.6. The Morgan fingerprint density at radius 3 is 1.85 bits per heavy atom. The molecular weight excluding hydrogens is 440 g/mol. The predicted octanol–water partition coefficient (Wildman–Crippen LogP) is 7.34. The number of rotatable bonds is 16. The molecule has 0 heterocycles. The van der Waals surface area contributed by atoms with E-state index in [2.05, 4.69) is 13.8 Å². The van der Waals surface area contributed by atoms with Crippen LogP contribution in [0.2, 0.25) is 0 Å². The van der Waals surface area contributed by atoms with Crippen LogP contribution in [0.5, 0.6) is 11.5 Å². The number of carbonyl (C=O) groups is 2. The Bertz CT molecular complexity index is 866. The molecule has 0 N–H and O–H groups in total. The van der Waals surface area contributed by atoms with E-state index in [1.807, 2.05) is 30.3 Å².